The molecule has 0 aliphatic carbocycles. The Balaban J connectivity index is 2.53. The molecule has 1 aromatic carbocycles. The number of hydrogen-bond acceptors (Lipinski definition) is 2. The van der Waals surface area contributed by atoms with Crippen LogP contribution in [0.2, 0.25) is 0 Å². The van der Waals surface area contributed by atoms with Crippen LogP contribution in [-0.2, 0) is 0 Å². The number of hydrogen-bond donors (Lipinski definition) is 2. The molecule has 2 nitrogen and oxygen atoms in total. The Hall–Kier alpha value is -0.700. The van der Waals surface area contributed by atoms with Gasteiger partial charge in [-0.2, -0.15) is 0 Å². The van der Waals surface area contributed by atoms with Crippen molar-refractivity contribution < 1.29 is 0 Å². The second-order valence-corrected chi connectivity index (χ2v) is 4.76. The first kappa shape index (κ1) is 11.4. The summed E-state index contributed by atoms with van der Waals surface area (Å²) in [5.41, 5.74) is 7.64. The van der Waals surface area contributed by atoms with Crippen molar-refractivity contribution in [1.29, 1.82) is 0 Å². The van der Waals surface area contributed by atoms with Crippen LogP contribution in [0.1, 0.15) is 20.3 Å². The van der Waals surface area contributed by atoms with Crippen molar-refractivity contribution in [3.05, 3.63) is 22.7 Å². The molecule has 0 amide bonds. The van der Waals surface area contributed by atoms with Gasteiger partial charge in [0.1, 0.15) is 0 Å². The maximum Gasteiger partial charge on any atom is 0.0585 e. The number of rotatable bonds is 4. The van der Waals surface area contributed by atoms with E-state index in [-0.39, 0.29) is 0 Å². The summed E-state index contributed by atoms with van der Waals surface area (Å²) >= 11 is 3.42. The van der Waals surface area contributed by atoms with Crippen LogP contribution >= 0.6 is 15.9 Å². The van der Waals surface area contributed by atoms with Crippen molar-refractivity contribution in [3.63, 3.8) is 0 Å². The zero-order chi connectivity index (χ0) is 10.6. The third kappa shape index (κ3) is 3.58. The lowest BCUT2D eigenvalue weighted by molar-refractivity contribution is 0.607. The Labute approximate surface area is 94.0 Å². The average molecular weight is 257 g/mol. The molecule has 0 heterocycles. The topological polar surface area (TPSA) is 38.0 Å². The fourth-order valence-corrected chi connectivity index (χ4v) is 1.54. The highest BCUT2D eigenvalue weighted by Crippen LogP contribution is 2.23. The highest BCUT2D eigenvalue weighted by molar-refractivity contribution is 9.10. The molecule has 0 spiro atoms. The molecule has 14 heavy (non-hydrogen) atoms. The maximum absolute atomic E-state index is 5.82. The van der Waals surface area contributed by atoms with Gasteiger partial charge in [-0.15, -0.1) is 0 Å². The Morgan fingerprint density at radius 3 is 2.79 bits per heavy atom. The second kappa shape index (κ2) is 5.25. The van der Waals surface area contributed by atoms with E-state index in [0.717, 1.165) is 34.7 Å². The fourth-order valence-electron chi connectivity index (χ4n) is 1.18. The molecule has 0 bridgehead atoms. The van der Waals surface area contributed by atoms with Crippen LogP contribution in [-0.4, -0.2) is 6.54 Å². The van der Waals surface area contributed by atoms with Crippen molar-refractivity contribution >= 4 is 27.3 Å². The summed E-state index contributed by atoms with van der Waals surface area (Å²) in [7, 11) is 0. The average Bonchev–Trinajstić information content (AvgIpc) is 2.10. The van der Waals surface area contributed by atoms with Crippen LogP contribution in [0.3, 0.4) is 0 Å². The number of nitrogens with two attached hydrogens (primary N) is 1. The Morgan fingerprint density at radius 2 is 2.14 bits per heavy atom. The van der Waals surface area contributed by atoms with Crippen LogP contribution < -0.4 is 11.1 Å². The Morgan fingerprint density at radius 1 is 1.43 bits per heavy atom. The molecule has 0 atom stereocenters. The smallest absolute Gasteiger partial charge is 0.0585 e. The molecule has 0 radical (unpaired) electrons. The highest BCUT2D eigenvalue weighted by Gasteiger charge is 1.99. The lowest BCUT2D eigenvalue weighted by atomic mass is 10.1. The molecule has 0 aromatic heterocycles. The van der Waals surface area contributed by atoms with Gasteiger partial charge in [0.2, 0.25) is 0 Å². The van der Waals surface area contributed by atoms with Crippen LogP contribution in [0.25, 0.3) is 0 Å². The molecule has 0 saturated carbocycles. The van der Waals surface area contributed by atoms with E-state index in [0.29, 0.717) is 0 Å². The van der Waals surface area contributed by atoms with Gasteiger partial charge in [-0.1, -0.05) is 29.8 Å². The molecule has 0 aliphatic rings. The lowest BCUT2D eigenvalue weighted by Crippen LogP contribution is -2.06. The van der Waals surface area contributed by atoms with Gasteiger partial charge in [0, 0.05) is 11.0 Å². The van der Waals surface area contributed by atoms with Crippen molar-refractivity contribution in [2.75, 3.05) is 17.6 Å². The largest absolute Gasteiger partial charge is 0.397 e. The van der Waals surface area contributed by atoms with E-state index in [4.69, 9.17) is 5.73 Å². The molecule has 3 N–H and O–H groups in total. The quantitative estimate of drug-likeness (QED) is 0.810. The fraction of sp³-hybridized carbons (Fsp3) is 0.455. The van der Waals surface area contributed by atoms with Gasteiger partial charge in [0.15, 0.2) is 0 Å². The molecule has 0 fully saturated rings. The minimum absolute atomic E-state index is 0.718. The van der Waals surface area contributed by atoms with Gasteiger partial charge in [0.05, 0.1) is 11.4 Å². The molecule has 78 valence electrons. The second-order valence-electron chi connectivity index (χ2n) is 3.84. The van der Waals surface area contributed by atoms with E-state index in [1.54, 1.807) is 0 Å². The minimum Gasteiger partial charge on any atom is -0.397 e. The summed E-state index contributed by atoms with van der Waals surface area (Å²) in [6.45, 7) is 5.40. The van der Waals surface area contributed by atoms with Gasteiger partial charge in [0.25, 0.3) is 0 Å². The predicted molar refractivity (Wildman–Crippen MR) is 66.5 cm³/mol. The van der Waals surface area contributed by atoms with Gasteiger partial charge >= 0.3 is 0 Å². The van der Waals surface area contributed by atoms with Crippen LogP contribution in [0.4, 0.5) is 11.4 Å². The maximum atomic E-state index is 5.82. The first-order chi connectivity index (χ1) is 6.59. The van der Waals surface area contributed by atoms with E-state index in [1.807, 2.05) is 18.2 Å². The van der Waals surface area contributed by atoms with E-state index < -0.39 is 0 Å². The van der Waals surface area contributed by atoms with Gasteiger partial charge in [-0.3, -0.25) is 0 Å². The molecule has 0 aliphatic heterocycles. The van der Waals surface area contributed by atoms with Crippen molar-refractivity contribution in [2.24, 2.45) is 5.92 Å². The Kier molecular flexibility index (Phi) is 4.26. The third-order valence-corrected chi connectivity index (χ3v) is 2.55. The normalized spacial score (nSPS) is 10.6. The zero-order valence-electron chi connectivity index (χ0n) is 8.68. The monoisotopic (exact) mass is 256 g/mol. The van der Waals surface area contributed by atoms with Crippen molar-refractivity contribution in [2.45, 2.75) is 20.3 Å². The van der Waals surface area contributed by atoms with Crippen LogP contribution in [0, 0.1) is 5.92 Å². The number of nitrogen functional groups attached to an aromatic ring is 1. The number of halogens is 1. The summed E-state index contributed by atoms with van der Waals surface area (Å²) in [6, 6.07) is 5.86. The third-order valence-electron chi connectivity index (χ3n) is 2.05. The van der Waals surface area contributed by atoms with Crippen molar-refractivity contribution in [3.8, 4) is 0 Å². The predicted octanol–water partition coefficient (Wildman–Crippen LogP) is 3.49. The first-order valence-electron chi connectivity index (χ1n) is 4.88. The molecule has 1 aromatic rings. The minimum atomic E-state index is 0.718. The number of anilines is 2. The molecular weight excluding hydrogens is 240 g/mol. The van der Waals surface area contributed by atoms with Crippen molar-refractivity contribution in [1.82, 2.24) is 0 Å². The molecule has 0 unspecified atom stereocenters. The van der Waals surface area contributed by atoms with Crippen LogP contribution in [0.5, 0.6) is 0 Å². The van der Waals surface area contributed by atoms with E-state index >= 15 is 0 Å². The van der Waals surface area contributed by atoms with E-state index in [9.17, 15) is 0 Å². The molecule has 3 heteroatoms. The molecular formula is C11H17BrN2. The molecule has 1 rings (SSSR count). The Bertz CT molecular complexity index is 297. The van der Waals surface area contributed by atoms with E-state index in [1.165, 1.54) is 0 Å². The highest BCUT2D eigenvalue weighted by atomic mass is 79.9. The van der Waals surface area contributed by atoms with Gasteiger partial charge in [-0.25, -0.2) is 0 Å². The van der Waals surface area contributed by atoms with E-state index in [2.05, 4.69) is 35.1 Å². The lowest BCUT2D eigenvalue weighted by Gasteiger charge is -2.10. The van der Waals surface area contributed by atoms with Crippen LogP contribution in [0.15, 0.2) is 22.7 Å². The number of benzene rings is 1. The summed E-state index contributed by atoms with van der Waals surface area (Å²) < 4.78 is 1.05. The zero-order valence-corrected chi connectivity index (χ0v) is 10.3. The number of nitrogens with one attached hydrogen (secondary N) is 1. The molecule has 0 saturated heterocycles. The van der Waals surface area contributed by atoms with Gasteiger partial charge < -0.3 is 11.1 Å². The summed E-state index contributed by atoms with van der Waals surface area (Å²) in [5, 5.41) is 3.33. The van der Waals surface area contributed by atoms with Gasteiger partial charge in [-0.05, 0) is 30.5 Å². The summed E-state index contributed by atoms with van der Waals surface area (Å²) in [6.07, 6.45) is 1.16. The first-order valence-corrected chi connectivity index (χ1v) is 5.68. The SMILES string of the molecule is CC(C)CCNc1cc(Br)ccc1N. The summed E-state index contributed by atoms with van der Waals surface area (Å²) in [4.78, 5) is 0. The summed E-state index contributed by atoms with van der Waals surface area (Å²) in [5.74, 6) is 0.718. The standard InChI is InChI=1S/C11H17BrN2/c1-8(2)5-6-14-11-7-9(12)3-4-10(11)13/h3-4,7-8,14H,5-6,13H2,1-2H3.